The maximum Gasteiger partial charge on any atom is 0.435 e. The number of sulfonamides is 1. The van der Waals surface area contributed by atoms with Crippen LogP contribution in [0.25, 0.3) is 5.69 Å². The molecule has 0 saturated heterocycles. The summed E-state index contributed by atoms with van der Waals surface area (Å²) < 4.78 is 64.4. The van der Waals surface area contributed by atoms with Crippen LogP contribution in [0.1, 0.15) is 62.3 Å². The molecule has 9 heteroatoms. The van der Waals surface area contributed by atoms with E-state index in [1.54, 1.807) is 0 Å². The summed E-state index contributed by atoms with van der Waals surface area (Å²) >= 11 is 0. The minimum absolute atomic E-state index is 0.0101. The Kier molecular flexibility index (Phi) is 5.23. The molecule has 3 unspecified atom stereocenters. The number of rotatable bonds is 3. The topological polar surface area (TPSA) is 78.0 Å². The molecule has 2 aromatic rings. The summed E-state index contributed by atoms with van der Waals surface area (Å²) in [5, 5.41) is 8.95. The van der Waals surface area contributed by atoms with Crippen LogP contribution in [0.4, 0.5) is 13.2 Å². The highest BCUT2D eigenvalue weighted by molar-refractivity contribution is 7.89. The molecule has 29 heavy (non-hydrogen) atoms. The van der Waals surface area contributed by atoms with Crippen LogP contribution < -0.4 is 5.14 Å². The van der Waals surface area contributed by atoms with Crippen molar-refractivity contribution >= 4 is 10.0 Å². The summed E-state index contributed by atoms with van der Waals surface area (Å²) in [6.07, 6.45) is 3.02. The summed E-state index contributed by atoms with van der Waals surface area (Å²) in [5.74, 6) is 1.26. The van der Waals surface area contributed by atoms with Gasteiger partial charge in [0.25, 0.3) is 0 Å². The van der Waals surface area contributed by atoms with E-state index in [1.807, 2.05) is 0 Å². The molecule has 0 amide bonds. The lowest BCUT2D eigenvalue weighted by atomic mass is 9.67. The Morgan fingerprint density at radius 1 is 1.00 bits per heavy atom. The van der Waals surface area contributed by atoms with Crippen molar-refractivity contribution < 1.29 is 21.6 Å². The Morgan fingerprint density at radius 2 is 1.66 bits per heavy atom. The van der Waals surface area contributed by atoms with E-state index in [2.05, 4.69) is 5.10 Å². The number of fused-ring (bicyclic) bond motifs is 1. The SMILES string of the molecule is NS(=O)(=O)c1ccc(-n2nc(C(F)(F)F)cc2C2CCC3CCCCC3C2)cc1. The number of aromatic nitrogens is 2. The highest BCUT2D eigenvalue weighted by Gasteiger charge is 2.38. The molecule has 0 aliphatic heterocycles. The second-order valence-electron chi connectivity index (χ2n) is 8.22. The van der Waals surface area contributed by atoms with Gasteiger partial charge in [-0.3, -0.25) is 0 Å². The van der Waals surface area contributed by atoms with Crippen molar-refractivity contribution in [3.63, 3.8) is 0 Å². The molecule has 4 rings (SSSR count). The first-order valence-electron chi connectivity index (χ1n) is 9.93. The van der Waals surface area contributed by atoms with E-state index in [0.29, 0.717) is 23.2 Å². The summed E-state index contributed by atoms with van der Waals surface area (Å²) in [5.41, 5.74) is 0.0205. The van der Waals surface area contributed by atoms with Crippen molar-refractivity contribution in [2.75, 3.05) is 0 Å². The van der Waals surface area contributed by atoms with Gasteiger partial charge in [0.1, 0.15) is 0 Å². The van der Waals surface area contributed by atoms with Crippen molar-refractivity contribution in [1.29, 1.82) is 0 Å². The predicted molar refractivity (Wildman–Crippen MR) is 102 cm³/mol. The van der Waals surface area contributed by atoms with Crippen LogP contribution in [0.5, 0.6) is 0 Å². The predicted octanol–water partition coefficient (Wildman–Crippen LogP) is 4.61. The average Bonchev–Trinajstić information content (AvgIpc) is 3.13. The number of hydrogen-bond donors (Lipinski definition) is 1. The van der Waals surface area contributed by atoms with E-state index >= 15 is 0 Å². The summed E-state index contributed by atoms with van der Waals surface area (Å²) in [4.78, 5) is -0.0892. The van der Waals surface area contributed by atoms with Gasteiger partial charge in [0.05, 0.1) is 10.6 Å². The molecular weight excluding hydrogens is 403 g/mol. The molecule has 5 nitrogen and oxygen atoms in total. The Bertz CT molecular complexity index is 983. The molecule has 2 aliphatic carbocycles. The summed E-state index contributed by atoms with van der Waals surface area (Å²) in [7, 11) is -3.87. The Hall–Kier alpha value is -1.87. The van der Waals surface area contributed by atoms with E-state index in [-0.39, 0.29) is 10.8 Å². The zero-order chi connectivity index (χ0) is 20.8. The van der Waals surface area contributed by atoms with Crippen LogP contribution in [0.3, 0.4) is 0 Å². The lowest BCUT2D eigenvalue weighted by molar-refractivity contribution is -0.141. The number of alkyl halides is 3. The number of nitrogens with two attached hydrogens (primary N) is 1. The fourth-order valence-electron chi connectivity index (χ4n) is 4.95. The highest BCUT2D eigenvalue weighted by Crippen LogP contribution is 2.47. The van der Waals surface area contributed by atoms with E-state index in [0.717, 1.165) is 31.7 Å². The molecule has 0 spiro atoms. The van der Waals surface area contributed by atoms with Crippen molar-refractivity contribution in [3.8, 4) is 5.69 Å². The van der Waals surface area contributed by atoms with Crippen molar-refractivity contribution in [1.82, 2.24) is 9.78 Å². The van der Waals surface area contributed by atoms with Gasteiger partial charge in [0, 0.05) is 11.6 Å². The lowest BCUT2D eigenvalue weighted by Crippen LogP contribution is -2.27. The molecule has 0 bridgehead atoms. The standard InChI is InChI=1S/C20H24F3N3O2S/c21-20(22,23)19-12-18(15-6-5-13-3-1-2-4-14(13)11-15)26(25-19)16-7-9-17(10-8-16)29(24,27)28/h7-10,12-15H,1-6,11H2,(H2,24,27,28). The molecule has 0 radical (unpaired) electrons. The van der Waals surface area contributed by atoms with Gasteiger partial charge in [-0.15, -0.1) is 0 Å². The third-order valence-electron chi connectivity index (χ3n) is 6.40. The van der Waals surface area contributed by atoms with Crippen LogP contribution in [-0.4, -0.2) is 18.2 Å². The van der Waals surface area contributed by atoms with Gasteiger partial charge >= 0.3 is 6.18 Å². The molecule has 1 aromatic heterocycles. The molecule has 1 heterocycles. The smallest absolute Gasteiger partial charge is 0.237 e. The number of halogens is 3. The Labute approximate surface area is 168 Å². The minimum atomic E-state index is -4.54. The van der Waals surface area contributed by atoms with Crippen molar-refractivity contribution in [2.45, 2.75) is 61.9 Å². The molecule has 2 N–H and O–H groups in total. The van der Waals surface area contributed by atoms with Crippen LogP contribution in [0.15, 0.2) is 35.2 Å². The quantitative estimate of drug-likeness (QED) is 0.777. The third kappa shape index (κ3) is 4.21. The third-order valence-corrected chi connectivity index (χ3v) is 7.32. The molecule has 1 aromatic carbocycles. The fourth-order valence-corrected chi connectivity index (χ4v) is 5.47. The van der Waals surface area contributed by atoms with E-state index in [1.165, 1.54) is 48.2 Å². The van der Waals surface area contributed by atoms with Gasteiger partial charge in [-0.1, -0.05) is 25.7 Å². The Balaban J connectivity index is 1.71. The molecule has 2 aliphatic rings. The first-order valence-corrected chi connectivity index (χ1v) is 11.5. The molecular formula is C20H24F3N3O2S. The van der Waals surface area contributed by atoms with Crippen molar-refractivity contribution in [2.24, 2.45) is 17.0 Å². The first kappa shape index (κ1) is 20.4. The second kappa shape index (κ2) is 7.43. The number of nitrogens with zero attached hydrogens (tertiary/aromatic N) is 2. The van der Waals surface area contributed by atoms with Crippen LogP contribution in [-0.2, 0) is 16.2 Å². The zero-order valence-corrected chi connectivity index (χ0v) is 16.7. The highest BCUT2D eigenvalue weighted by atomic mass is 32.2. The monoisotopic (exact) mass is 427 g/mol. The number of hydrogen-bond acceptors (Lipinski definition) is 3. The van der Waals surface area contributed by atoms with Gasteiger partial charge in [-0.25, -0.2) is 18.2 Å². The lowest BCUT2D eigenvalue weighted by Gasteiger charge is -2.39. The van der Waals surface area contributed by atoms with E-state index in [9.17, 15) is 21.6 Å². The molecule has 158 valence electrons. The molecule has 2 saturated carbocycles. The first-order chi connectivity index (χ1) is 13.6. The van der Waals surface area contributed by atoms with Crippen molar-refractivity contribution in [3.05, 3.63) is 41.7 Å². The van der Waals surface area contributed by atoms with Crippen LogP contribution in [0, 0.1) is 11.8 Å². The normalized spacial score (nSPS) is 25.6. The number of primary sulfonamides is 1. The minimum Gasteiger partial charge on any atom is -0.237 e. The van der Waals surface area contributed by atoms with Crippen LogP contribution in [0.2, 0.25) is 0 Å². The van der Waals surface area contributed by atoms with Gasteiger partial charge in [-0.2, -0.15) is 18.3 Å². The summed E-state index contributed by atoms with van der Waals surface area (Å²) in [6, 6.07) is 6.63. The zero-order valence-electron chi connectivity index (χ0n) is 15.9. The molecule has 2 fully saturated rings. The van der Waals surface area contributed by atoms with Gasteiger partial charge < -0.3 is 0 Å². The largest absolute Gasteiger partial charge is 0.435 e. The number of benzene rings is 1. The van der Waals surface area contributed by atoms with E-state index in [4.69, 9.17) is 5.14 Å². The maximum atomic E-state index is 13.4. The summed E-state index contributed by atoms with van der Waals surface area (Å²) in [6.45, 7) is 0. The van der Waals surface area contributed by atoms with Gasteiger partial charge in [0.15, 0.2) is 5.69 Å². The Morgan fingerprint density at radius 3 is 2.28 bits per heavy atom. The average molecular weight is 427 g/mol. The fraction of sp³-hybridized carbons (Fsp3) is 0.550. The van der Waals surface area contributed by atoms with Gasteiger partial charge in [0.2, 0.25) is 10.0 Å². The second-order valence-corrected chi connectivity index (χ2v) is 9.78. The van der Waals surface area contributed by atoms with Crippen LogP contribution >= 0.6 is 0 Å². The van der Waals surface area contributed by atoms with E-state index < -0.39 is 21.9 Å². The van der Waals surface area contributed by atoms with Gasteiger partial charge in [-0.05, 0) is 61.4 Å². The molecule has 3 atom stereocenters. The maximum absolute atomic E-state index is 13.4.